The molecule has 0 saturated carbocycles. The molecule has 0 amide bonds. The molecule has 0 N–H and O–H groups in total. The summed E-state index contributed by atoms with van der Waals surface area (Å²) >= 11 is 7.88. The molecule has 0 aliphatic rings. The quantitative estimate of drug-likeness (QED) is 0.433. The van der Waals surface area contributed by atoms with Gasteiger partial charge in [-0.1, -0.05) is 23.7 Å². The topological polar surface area (TPSA) is 25.8 Å². The van der Waals surface area contributed by atoms with Gasteiger partial charge in [0.2, 0.25) is 0 Å². The minimum absolute atomic E-state index is 0.313. The van der Waals surface area contributed by atoms with Gasteiger partial charge in [0.1, 0.15) is 5.82 Å². The zero-order chi connectivity index (χ0) is 16.7. The maximum absolute atomic E-state index is 13.7. The van der Waals surface area contributed by atoms with Crippen LogP contribution >= 0.6 is 22.9 Å². The second kappa shape index (κ2) is 5.96. The second-order valence-electron chi connectivity index (χ2n) is 5.52. The van der Waals surface area contributed by atoms with Gasteiger partial charge in [-0.25, -0.2) is 9.37 Å². The number of fused-ring (bicyclic) bond motifs is 1. The second-order valence-corrected chi connectivity index (χ2v) is 6.81. The van der Waals surface area contributed by atoms with Crippen molar-refractivity contribution in [3.05, 3.63) is 70.6 Å². The first kappa shape index (κ1) is 15.2. The Labute approximate surface area is 147 Å². The van der Waals surface area contributed by atoms with Crippen molar-refractivity contribution >= 4 is 33.2 Å². The standard InChI is InChI=1S/C19H12ClFN2S/c1-11-7-14(15(20)9-16(11)21)19-13(3-2-6-22-19)12-4-5-17-18(8-12)24-10-23-17/h2-10H,1H3. The van der Waals surface area contributed by atoms with Crippen molar-refractivity contribution in [1.82, 2.24) is 9.97 Å². The third kappa shape index (κ3) is 2.58. The summed E-state index contributed by atoms with van der Waals surface area (Å²) in [6.07, 6.45) is 1.72. The molecule has 4 rings (SSSR count). The maximum atomic E-state index is 13.7. The Morgan fingerprint density at radius 3 is 2.79 bits per heavy atom. The van der Waals surface area contributed by atoms with E-state index in [1.807, 2.05) is 29.8 Å². The third-order valence-electron chi connectivity index (χ3n) is 3.95. The Kier molecular flexibility index (Phi) is 3.79. The van der Waals surface area contributed by atoms with Gasteiger partial charge in [-0.05, 0) is 48.4 Å². The predicted octanol–water partition coefficient (Wildman–Crippen LogP) is 6.13. The fourth-order valence-electron chi connectivity index (χ4n) is 2.71. The molecule has 24 heavy (non-hydrogen) atoms. The number of halogens is 2. The smallest absolute Gasteiger partial charge is 0.127 e. The molecule has 2 nitrogen and oxygen atoms in total. The van der Waals surface area contributed by atoms with Gasteiger partial charge in [0.25, 0.3) is 0 Å². The highest BCUT2D eigenvalue weighted by molar-refractivity contribution is 7.16. The number of thiazole rings is 1. The number of pyridine rings is 1. The van der Waals surface area contributed by atoms with Crippen LogP contribution in [0.4, 0.5) is 4.39 Å². The molecular formula is C19H12ClFN2S. The van der Waals surface area contributed by atoms with Crippen molar-refractivity contribution in [3.63, 3.8) is 0 Å². The number of nitrogens with zero attached hydrogens (tertiary/aromatic N) is 2. The van der Waals surface area contributed by atoms with Gasteiger partial charge in [0.15, 0.2) is 0 Å². The summed E-state index contributed by atoms with van der Waals surface area (Å²) in [7, 11) is 0. The molecule has 0 spiro atoms. The van der Waals surface area contributed by atoms with Crippen molar-refractivity contribution in [1.29, 1.82) is 0 Å². The van der Waals surface area contributed by atoms with Crippen molar-refractivity contribution in [2.45, 2.75) is 6.92 Å². The highest BCUT2D eigenvalue weighted by atomic mass is 35.5. The molecule has 0 atom stereocenters. The average Bonchev–Trinajstić information content (AvgIpc) is 3.06. The minimum atomic E-state index is -0.313. The zero-order valence-electron chi connectivity index (χ0n) is 12.8. The summed E-state index contributed by atoms with van der Waals surface area (Å²) in [4.78, 5) is 8.82. The van der Waals surface area contributed by atoms with E-state index in [4.69, 9.17) is 11.6 Å². The van der Waals surface area contributed by atoms with E-state index in [2.05, 4.69) is 16.0 Å². The van der Waals surface area contributed by atoms with Crippen molar-refractivity contribution in [2.75, 3.05) is 0 Å². The van der Waals surface area contributed by atoms with Crippen LogP contribution in [0, 0.1) is 12.7 Å². The van der Waals surface area contributed by atoms with Crippen LogP contribution in [0.3, 0.4) is 0 Å². The fraction of sp³-hybridized carbons (Fsp3) is 0.0526. The van der Waals surface area contributed by atoms with Crippen LogP contribution in [0.5, 0.6) is 0 Å². The predicted molar refractivity (Wildman–Crippen MR) is 98.0 cm³/mol. The Balaban J connectivity index is 1.94. The van der Waals surface area contributed by atoms with E-state index in [1.165, 1.54) is 6.07 Å². The number of hydrogen-bond acceptors (Lipinski definition) is 3. The van der Waals surface area contributed by atoms with Gasteiger partial charge < -0.3 is 0 Å². The number of aromatic nitrogens is 2. The molecule has 118 valence electrons. The van der Waals surface area contributed by atoms with E-state index in [-0.39, 0.29) is 5.82 Å². The summed E-state index contributed by atoms with van der Waals surface area (Å²) in [6.45, 7) is 1.72. The van der Waals surface area contributed by atoms with Crippen molar-refractivity contribution in [2.24, 2.45) is 0 Å². The highest BCUT2D eigenvalue weighted by Gasteiger charge is 2.14. The molecule has 2 heterocycles. The summed E-state index contributed by atoms with van der Waals surface area (Å²) < 4.78 is 14.8. The lowest BCUT2D eigenvalue weighted by Gasteiger charge is -2.11. The minimum Gasteiger partial charge on any atom is -0.256 e. The van der Waals surface area contributed by atoms with Crippen molar-refractivity contribution in [3.8, 4) is 22.4 Å². The van der Waals surface area contributed by atoms with E-state index >= 15 is 0 Å². The number of hydrogen-bond donors (Lipinski definition) is 0. The summed E-state index contributed by atoms with van der Waals surface area (Å²) in [5, 5.41) is 0.358. The number of rotatable bonds is 2. The monoisotopic (exact) mass is 354 g/mol. The van der Waals surface area contributed by atoms with Gasteiger partial charge in [-0.3, -0.25) is 4.98 Å². The Morgan fingerprint density at radius 2 is 1.92 bits per heavy atom. The van der Waals surface area contributed by atoms with E-state index in [1.54, 1.807) is 30.5 Å². The van der Waals surface area contributed by atoms with Crippen LogP contribution in [0.15, 0.2) is 54.2 Å². The summed E-state index contributed by atoms with van der Waals surface area (Å²) in [5.41, 5.74) is 6.83. The third-order valence-corrected chi connectivity index (χ3v) is 5.06. The lowest BCUT2D eigenvalue weighted by atomic mass is 9.98. The molecule has 0 aliphatic heterocycles. The van der Waals surface area contributed by atoms with E-state index in [0.717, 1.165) is 32.6 Å². The van der Waals surface area contributed by atoms with Crippen LogP contribution in [-0.4, -0.2) is 9.97 Å². The molecule has 0 fully saturated rings. The van der Waals surface area contributed by atoms with E-state index in [9.17, 15) is 4.39 Å². The largest absolute Gasteiger partial charge is 0.256 e. The molecule has 0 bridgehead atoms. The van der Waals surface area contributed by atoms with Crippen LogP contribution in [-0.2, 0) is 0 Å². The Hall–Kier alpha value is -2.30. The van der Waals surface area contributed by atoms with Crippen LogP contribution in [0.25, 0.3) is 32.6 Å². The normalized spacial score (nSPS) is 11.1. The molecule has 2 aromatic carbocycles. The van der Waals surface area contributed by atoms with Gasteiger partial charge in [0.05, 0.1) is 26.4 Å². The van der Waals surface area contributed by atoms with Crippen LogP contribution in [0.2, 0.25) is 5.02 Å². The lowest BCUT2D eigenvalue weighted by molar-refractivity contribution is 0.619. The van der Waals surface area contributed by atoms with Crippen molar-refractivity contribution < 1.29 is 4.39 Å². The lowest BCUT2D eigenvalue weighted by Crippen LogP contribution is -1.92. The molecular weight excluding hydrogens is 343 g/mol. The number of aryl methyl sites for hydroxylation is 1. The molecule has 5 heteroatoms. The summed E-state index contributed by atoms with van der Waals surface area (Å²) in [6, 6.07) is 13.1. The summed E-state index contributed by atoms with van der Waals surface area (Å²) in [5.74, 6) is -0.313. The first-order valence-corrected chi connectivity index (χ1v) is 8.64. The number of benzene rings is 2. The zero-order valence-corrected chi connectivity index (χ0v) is 14.3. The highest BCUT2D eigenvalue weighted by Crippen LogP contribution is 2.36. The Bertz CT molecular complexity index is 1060. The fourth-order valence-corrected chi connectivity index (χ4v) is 3.67. The SMILES string of the molecule is Cc1cc(-c2ncccc2-c2ccc3ncsc3c2)c(Cl)cc1F. The van der Waals surface area contributed by atoms with Gasteiger partial charge in [0, 0.05) is 17.3 Å². The van der Waals surface area contributed by atoms with E-state index in [0.29, 0.717) is 10.6 Å². The molecule has 2 aromatic heterocycles. The van der Waals surface area contributed by atoms with E-state index < -0.39 is 0 Å². The van der Waals surface area contributed by atoms with Gasteiger partial charge >= 0.3 is 0 Å². The van der Waals surface area contributed by atoms with Gasteiger partial charge in [-0.2, -0.15) is 0 Å². The molecule has 0 aliphatic carbocycles. The first-order valence-electron chi connectivity index (χ1n) is 7.38. The molecule has 0 radical (unpaired) electrons. The average molecular weight is 355 g/mol. The van der Waals surface area contributed by atoms with Crippen LogP contribution < -0.4 is 0 Å². The Morgan fingerprint density at radius 1 is 1.04 bits per heavy atom. The molecule has 0 saturated heterocycles. The van der Waals surface area contributed by atoms with Crippen LogP contribution in [0.1, 0.15) is 5.56 Å². The molecule has 4 aromatic rings. The van der Waals surface area contributed by atoms with Gasteiger partial charge in [-0.15, -0.1) is 11.3 Å². The molecule has 0 unspecified atom stereocenters. The first-order chi connectivity index (χ1) is 11.6. The maximum Gasteiger partial charge on any atom is 0.127 e.